The second-order valence-corrected chi connectivity index (χ2v) is 6.93. The number of ether oxygens (including phenoxy) is 1. The van der Waals surface area contributed by atoms with Crippen molar-refractivity contribution in [3.8, 4) is 11.1 Å². The SMILES string of the molecule is [C-]#[N+]c1c(-c2ccc(C(=O)Cc3ccccc3)cc2)c(C(=O)OCC)n(C)c1CC. The van der Waals surface area contributed by atoms with Crippen molar-refractivity contribution in [1.29, 1.82) is 0 Å². The van der Waals surface area contributed by atoms with E-state index in [1.165, 1.54) is 0 Å². The number of nitrogens with zero attached hydrogens (tertiary/aromatic N) is 2. The number of benzene rings is 2. The molecule has 3 rings (SSSR count). The van der Waals surface area contributed by atoms with Crippen LogP contribution in [0.3, 0.4) is 0 Å². The Morgan fingerprint density at radius 3 is 2.27 bits per heavy atom. The number of rotatable bonds is 7. The summed E-state index contributed by atoms with van der Waals surface area (Å²) in [5, 5.41) is 0. The molecule has 0 saturated heterocycles. The number of Topliss-reactive ketones (excluding diaryl/α,β-unsaturated/α-hetero) is 1. The van der Waals surface area contributed by atoms with Crippen LogP contribution in [0.1, 0.15) is 46.0 Å². The molecule has 5 nitrogen and oxygen atoms in total. The van der Waals surface area contributed by atoms with Crippen LogP contribution in [-0.4, -0.2) is 22.9 Å². The molecular formula is C25H24N2O3. The highest BCUT2D eigenvalue weighted by atomic mass is 16.5. The molecule has 0 spiro atoms. The first-order valence-electron chi connectivity index (χ1n) is 9.95. The number of ketones is 1. The van der Waals surface area contributed by atoms with E-state index in [0.717, 1.165) is 16.8 Å². The summed E-state index contributed by atoms with van der Waals surface area (Å²) in [7, 11) is 1.78. The van der Waals surface area contributed by atoms with Gasteiger partial charge in [-0.25, -0.2) is 9.64 Å². The van der Waals surface area contributed by atoms with Gasteiger partial charge in [0.05, 0.1) is 13.2 Å². The van der Waals surface area contributed by atoms with E-state index in [4.69, 9.17) is 11.3 Å². The summed E-state index contributed by atoms with van der Waals surface area (Å²) >= 11 is 0. The van der Waals surface area contributed by atoms with E-state index in [1.807, 2.05) is 37.3 Å². The van der Waals surface area contributed by atoms with Crippen molar-refractivity contribution in [3.63, 3.8) is 0 Å². The van der Waals surface area contributed by atoms with E-state index in [1.54, 1.807) is 42.8 Å². The predicted molar refractivity (Wildman–Crippen MR) is 117 cm³/mol. The number of hydrogen-bond acceptors (Lipinski definition) is 3. The summed E-state index contributed by atoms with van der Waals surface area (Å²) in [6.45, 7) is 11.6. The highest BCUT2D eigenvalue weighted by molar-refractivity contribution is 6.02. The van der Waals surface area contributed by atoms with E-state index in [-0.39, 0.29) is 12.4 Å². The van der Waals surface area contributed by atoms with Gasteiger partial charge >= 0.3 is 5.97 Å². The summed E-state index contributed by atoms with van der Waals surface area (Å²) in [6.07, 6.45) is 0.946. The van der Waals surface area contributed by atoms with Crippen molar-refractivity contribution in [2.45, 2.75) is 26.7 Å². The molecule has 0 radical (unpaired) electrons. The third kappa shape index (κ3) is 4.04. The van der Waals surface area contributed by atoms with E-state index in [2.05, 4.69) is 4.85 Å². The second-order valence-electron chi connectivity index (χ2n) is 6.93. The number of carbonyl (C=O) groups is 2. The molecule has 0 atom stereocenters. The van der Waals surface area contributed by atoms with Crippen LogP contribution in [-0.2, 0) is 24.6 Å². The fraction of sp³-hybridized carbons (Fsp3) is 0.240. The van der Waals surface area contributed by atoms with Gasteiger partial charge in [-0.3, -0.25) is 4.79 Å². The monoisotopic (exact) mass is 400 g/mol. The van der Waals surface area contributed by atoms with E-state index >= 15 is 0 Å². The first kappa shape index (κ1) is 21.1. The number of esters is 1. The number of hydrogen-bond donors (Lipinski definition) is 0. The first-order chi connectivity index (χ1) is 14.5. The maximum absolute atomic E-state index is 12.6. The lowest BCUT2D eigenvalue weighted by atomic mass is 9.98. The molecule has 0 aliphatic heterocycles. The average Bonchev–Trinajstić information content (AvgIpc) is 3.06. The minimum Gasteiger partial charge on any atom is -0.461 e. The van der Waals surface area contributed by atoms with Gasteiger partial charge in [0.25, 0.3) is 0 Å². The molecule has 0 N–H and O–H groups in total. The maximum atomic E-state index is 12.6. The van der Waals surface area contributed by atoms with Crippen molar-refractivity contribution >= 4 is 17.4 Å². The molecule has 1 heterocycles. The van der Waals surface area contributed by atoms with Crippen molar-refractivity contribution in [3.05, 3.63) is 88.5 Å². The van der Waals surface area contributed by atoms with Crippen LogP contribution in [0.2, 0.25) is 0 Å². The molecule has 30 heavy (non-hydrogen) atoms. The zero-order chi connectivity index (χ0) is 21.7. The van der Waals surface area contributed by atoms with Crippen molar-refractivity contribution < 1.29 is 14.3 Å². The Labute approximate surface area is 176 Å². The van der Waals surface area contributed by atoms with E-state index in [0.29, 0.717) is 35.3 Å². The van der Waals surface area contributed by atoms with Gasteiger partial charge in [-0.15, -0.1) is 0 Å². The highest BCUT2D eigenvalue weighted by Gasteiger charge is 2.27. The van der Waals surface area contributed by atoms with E-state index < -0.39 is 5.97 Å². The van der Waals surface area contributed by atoms with Gasteiger partial charge < -0.3 is 9.30 Å². The van der Waals surface area contributed by atoms with Crippen LogP contribution in [0.25, 0.3) is 16.0 Å². The standard InChI is InChI=1S/C25H24N2O3/c1-5-20-23(26-3)22(24(27(20)4)25(29)30-6-2)19-14-12-18(13-15-19)21(28)16-17-10-8-7-9-11-17/h7-15H,5-6,16H2,1-2,4H3. The Hall–Kier alpha value is -3.65. The average molecular weight is 400 g/mol. The van der Waals surface area contributed by atoms with Gasteiger partial charge in [-0.05, 0) is 24.5 Å². The molecule has 0 aliphatic rings. The molecule has 3 aromatic rings. The van der Waals surface area contributed by atoms with Crippen molar-refractivity contribution in [2.24, 2.45) is 7.05 Å². The predicted octanol–water partition coefficient (Wildman–Crippen LogP) is 5.41. The van der Waals surface area contributed by atoms with Gasteiger partial charge in [0.2, 0.25) is 5.69 Å². The molecule has 0 bridgehead atoms. The van der Waals surface area contributed by atoms with Crippen LogP contribution < -0.4 is 0 Å². The Morgan fingerprint density at radius 2 is 1.70 bits per heavy atom. The summed E-state index contributed by atoms with van der Waals surface area (Å²) in [5.74, 6) is -0.435. The van der Waals surface area contributed by atoms with Crippen LogP contribution in [0, 0.1) is 6.57 Å². The fourth-order valence-corrected chi connectivity index (χ4v) is 3.66. The summed E-state index contributed by atoms with van der Waals surface area (Å²) < 4.78 is 6.99. The quantitative estimate of drug-likeness (QED) is 0.303. The Bertz CT molecular complexity index is 1100. The minimum absolute atomic E-state index is 0.0195. The van der Waals surface area contributed by atoms with Gasteiger partial charge in [0.15, 0.2) is 5.78 Å². The summed E-state index contributed by atoms with van der Waals surface area (Å²) in [4.78, 5) is 29.0. The third-order valence-corrected chi connectivity index (χ3v) is 5.11. The van der Waals surface area contributed by atoms with E-state index in [9.17, 15) is 9.59 Å². The largest absolute Gasteiger partial charge is 0.461 e. The molecule has 0 unspecified atom stereocenters. The Kier molecular flexibility index (Phi) is 6.48. The topological polar surface area (TPSA) is 52.7 Å². The molecule has 0 saturated carbocycles. The lowest BCUT2D eigenvalue weighted by molar-refractivity contribution is 0.0515. The Morgan fingerprint density at radius 1 is 1.03 bits per heavy atom. The molecule has 0 amide bonds. The van der Waals surface area contributed by atoms with Gasteiger partial charge in [0, 0.05) is 30.3 Å². The summed E-state index contributed by atoms with van der Waals surface area (Å²) in [6, 6.07) is 16.7. The zero-order valence-corrected chi connectivity index (χ0v) is 17.4. The molecule has 2 aromatic carbocycles. The molecule has 5 heteroatoms. The van der Waals surface area contributed by atoms with Gasteiger partial charge in [-0.2, -0.15) is 0 Å². The maximum Gasteiger partial charge on any atom is 0.354 e. The van der Waals surface area contributed by atoms with Crippen LogP contribution in [0.4, 0.5) is 5.69 Å². The van der Waals surface area contributed by atoms with Crippen LogP contribution >= 0.6 is 0 Å². The first-order valence-corrected chi connectivity index (χ1v) is 9.95. The highest BCUT2D eigenvalue weighted by Crippen LogP contribution is 2.39. The third-order valence-electron chi connectivity index (χ3n) is 5.11. The molecular weight excluding hydrogens is 376 g/mol. The normalized spacial score (nSPS) is 10.5. The summed E-state index contributed by atoms with van der Waals surface area (Å²) in [5.41, 5.74) is 4.43. The van der Waals surface area contributed by atoms with Crippen LogP contribution in [0.15, 0.2) is 54.6 Å². The molecule has 1 aromatic heterocycles. The Balaban J connectivity index is 2.00. The molecule has 0 aliphatic carbocycles. The van der Waals surface area contributed by atoms with Crippen molar-refractivity contribution in [2.75, 3.05) is 6.61 Å². The lowest BCUT2D eigenvalue weighted by Crippen LogP contribution is -2.12. The minimum atomic E-state index is -0.455. The number of aromatic nitrogens is 1. The van der Waals surface area contributed by atoms with Gasteiger partial charge in [0.1, 0.15) is 5.69 Å². The second kappa shape index (κ2) is 9.23. The van der Waals surface area contributed by atoms with Crippen LogP contribution in [0.5, 0.6) is 0 Å². The molecule has 0 fully saturated rings. The fourth-order valence-electron chi connectivity index (χ4n) is 3.66. The molecule has 152 valence electrons. The van der Waals surface area contributed by atoms with Gasteiger partial charge in [-0.1, -0.05) is 61.5 Å². The number of carbonyl (C=O) groups excluding carboxylic acids is 2. The lowest BCUT2D eigenvalue weighted by Gasteiger charge is -2.09. The zero-order valence-electron chi connectivity index (χ0n) is 17.4. The smallest absolute Gasteiger partial charge is 0.354 e. The van der Waals surface area contributed by atoms with Crippen molar-refractivity contribution in [1.82, 2.24) is 4.57 Å².